The summed E-state index contributed by atoms with van der Waals surface area (Å²) >= 11 is 1.72. The van der Waals surface area contributed by atoms with Gasteiger partial charge in [-0.05, 0) is 63.9 Å². The van der Waals surface area contributed by atoms with Crippen LogP contribution in [-0.2, 0) is 19.6 Å². The number of aromatic nitrogens is 5. The lowest BCUT2D eigenvalue weighted by Gasteiger charge is -2.33. The summed E-state index contributed by atoms with van der Waals surface area (Å²) in [6.07, 6.45) is 0. The van der Waals surface area contributed by atoms with Crippen molar-refractivity contribution in [2.24, 2.45) is 5.92 Å². The molecule has 0 aliphatic carbocycles. The minimum absolute atomic E-state index is 0.0612. The fourth-order valence-electron chi connectivity index (χ4n) is 4.74. The van der Waals surface area contributed by atoms with E-state index in [1.165, 1.54) is 4.88 Å². The molecule has 3 heterocycles. The van der Waals surface area contributed by atoms with E-state index in [1.807, 2.05) is 41.1 Å². The third-order valence-electron chi connectivity index (χ3n) is 6.41. The first-order valence-electron chi connectivity index (χ1n) is 12.2. The molecule has 0 aliphatic rings. The molecule has 184 valence electrons. The molecule has 1 N–H and O–H groups in total. The van der Waals surface area contributed by atoms with Crippen LogP contribution in [0.15, 0.2) is 76.9 Å². The van der Waals surface area contributed by atoms with Gasteiger partial charge in [-0.2, -0.15) is 0 Å². The molecule has 1 unspecified atom stereocenters. The molecule has 0 spiro atoms. The van der Waals surface area contributed by atoms with Crippen LogP contribution in [0.5, 0.6) is 0 Å². The number of aromatic amines is 1. The van der Waals surface area contributed by atoms with Crippen LogP contribution < -0.4 is 5.56 Å². The first-order chi connectivity index (χ1) is 17.5. The molecule has 0 radical (unpaired) electrons. The van der Waals surface area contributed by atoms with E-state index in [9.17, 15) is 4.79 Å². The van der Waals surface area contributed by atoms with E-state index in [-0.39, 0.29) is 17.5 Å². The van der Waals surface area contributed by atoms with Crippen molar-refractivity contribution in [1.29, 1.82) is 0 Å². The number of hydrogen-bond donors (Lipinski definition) is 1. The van der Waals surface area contributed by atoms with Crippen LogP contribution in [0, 0.1) is 12.8 Å². The van der Waals surface area contributed by atoms with Crippen LogP contribution in [0.25, 0.3) is 10.9 Å². The molecule has 0 fully saturated rings. The number of hydrogen-bond acceptors (Lipinski definition) is 6. The fraction of sp³-hybridized carbons (Fsp3) is 0.286. The Kier molecular flexibility index (Phi) is 7.06. The molecule has 0 saturated carbocycles. The van der Waals surface area contributed by atoms with Gasteiger partial charge in [0.1, 0.15) is 0 Å². The molecule has 0 aliphatic heterocycles. The average Bonchev–Trinajstić information content (AvgIpc) is 3.53. The number of rotatable bonds is 9. The first-order valence-corrected chi connectivity index (χ1v) is 13.0. The Morgan fingerprint density at radius 2 is 1.86 bits per heavy atom. The maximum absolute atomic E-state index is 13.1. The zero-order valence-corrected chi connectivity index (χ0v) is 21.6. The van der Waals surface area contributed by atoms with Crippen molar-refractivity contribution >= 4 is 22.2 Å². The van der Waals surface area contributed by atoms with E-state index in [1.54, 1.807) is 11.3 Å². The lowest BCUT2D eigenvalue weighted by molar-refractivity contribution is 0.127. The number of pyridine rings is 1. The second-order valence-electron chi connectivity index (χ2n) is 9.57. The van der Waals surface area contributed by atoms with Gasteiger partial charge in [0.25, 0.3) is 5.56 Å². The molecule has 1 atom stereocenters. The van der Waals surface area contributed by atoms with Gasteiger partial charge in [-0.15, -0.1) is 16.4 Å². The molecule has 5 rings (SSSR count). The number of benzene rings is 2. The Labute approximate surface area is 214 Å². The van der Waals surface area contributed by atoms with Crippen LogP contribution in [0.2, 0.25) is 0 Å². The van der Waals surface area contributed by atoms with E-state index < -0.39 is 0 Å². The third kappa shape index (κ3) is 5.29. The Morgan fingerprint density at radius 1 is 1.03 bits per heavy atom. The molecule has 8 heteroatoms. The quantitative estimate of drug-likeness (QED) is 0.297. The minimum atomic E-state index is -0.0848. The summed E-state index contributed by atoms with van der Waals surface area (Å²) in [5.41, 5.74) is 3.83. The summed E-state index contributed by atoms with van der Waals surface area (Å²) in [5, 5.41) is 16.0. The third-order valence-corrected chi connectivity index (χ3v) is 7.27. The number of tetrazole rings is 1. The van der Waals surface area contributed by atoms with Gasteiger partial charge >= 0.3 is 0 Å². The predicted molar refractivity (Wildman–Crippen MR) is 144 cm³/mol. The molecule has 0 bridgehead atoms. The van der Waals surface area contributed by atoms with Gasteiger partial charge in [-0.3, -0.25) is 9.69 Å². The van der Waals surface area contributed by atoms with E-state index in [4.69, 9.17) is 0 Å². The smallest absolute Gasteiger partial charge is 0.252 e. The number of aryl methyl sites for hydroxylation is 1. The van der Waals surface area contributed by atoms with Gasteiger partial charge in [0.2, 0.25) is 0 Å². The van der Waals surface area contributed by atoms with E-state index in [0.717, 1.165) is 33.4 Å². The normalized spacial score (nSPS) is 12.6. The second kappa shape index (κ2) is 10.6. The Bertz CT molecular complexity index is 1490. The zero-order valence-electron chi connectivity index (χ0n) is 20.8. The van der Waals surface area contributed by atoms with Crippen molar-refractivity contribution in [2.75, 3.05) is 0 Å². The maximum Gasteiger partial charge on any atom is 0.252 e. The van der Waals surface area contributed by atoms with Crippen LogP contribution in [0.4, 0.5) is 0 Å². The highest BCUT2D eigenvalue weighted by molar-refractivity contribution is 7.09. The average molecular weight is 499 g/mol. The van der Waals surface area contributed by atoms with Crippen LogP contribution in [0.3, 0.4) is 0 Å². The van der Waals surface area contributed by atoms with Crippen molar-refractivity contribution in [2.45, 2.75) is 46.4 Å². The number of nitrogens with one attached hydrogen (secondary N) is 1. The van der Waals surface area contributed by atoms with Gasteiger partial charge < -0.3 is 4.98 Å². The van der Waals surface area contributed by atoms with Gasteiger partial charge in [0.15, 0.2) is 5.82 Å². The topological polar surface area (TPSA) is 79.7 Å². The van der Waals surface area contributed by atoms with Gasteiger partial charge in [-0.25, -0.2) is 4.68 Å². The zero-order chi connectivity index (χ0) is 25.1. The molecule has 0 saturated heterocycles. The summed E-state index contributed by atoms with van der Waals surface area (Å²) < 4.78 is 1.88. The van der Waals surface area contributed by atoms with Crippen molar-refractivity contribution in [3.8, 4) is 0 Å². The highest BCUT2D eigenvalue weighted by Gasteiger charge is 2.30. The summed E-state index contributed by atoms with van der Waals surface area (Å²) in [6, 6.07) is 22.4. The lowest BCUT2D eigenvalue weighted by atomic mass is 10.00. The fourth-order valence-corrected chi connectivity index (χ4v) is 5.47. The highest BCUT2D eigenvalue weighted by Crippen LogP contribution is 2.31. The van der Waals surface area contributed by atoms with Crippen LogP contribution in [-0.4, -0.2) is 30.1 Å². The Hall–Kier alpha value is -3.62. The molecule has 7 nitrogen and oxygen atoms in total. The number of fused-ring (bicyclic) bond motifs is 1. The van der Waals surface area contributed by atoms with Crippen LogP contribution >= 0.6 is 11.3 Å². The van der Waals surface area contributed by atoms with Crippen molar-refractivity contribution < 1.29 is 0 Å². The summed E-state index contributed by atoms with van der Waals surface area (Å²) in [5.74, 6) is 1.02. The van der Waals surface area contributed by atoms with Gasteiger partial charge in [-0.1, -0.05) is 61.9 Å². The SMILES string of the molecule is Cc1ccc2[nH]c(=O)c(CN(Cc3cccs3)C(c3nnnn3Cc3ccccc3)C(C)C)cc2c1. The molecule has 0 amide bonds. The number of thiophene rings is 1. The highest BCUT2D eigenvalue weighted by atomic mass is 32.1. The first kappa shape index (κ1) is 24.1. The molecule has 3 aromatic heterocycles. The largest absolute Gasteiger partial charge is 0.322 e. The van der Waals surface area contributed by atoms with Gasteiger partial charge in [0.05, 0.1) is 12.6 Å². The van der Waals surface area contributed by atoms with E-state index in [2.05, 4.69) is 81.9 Å². The van der Waals surface area contributed by atoms with Crippen molar-refractivity contribution in [1.82, 2.24) is 30.1 Å². The Balaban J connectivity index is 1.54. The van der Waals surface area contributed by atoms with Crippen molar-refractivity contribution in [3.05, 3.63) is 110 Å². The van der Waals surface area contributed by atoms with Gasteiger partial charge in [0, 0.05) is 29.0 Å². The monoisotopic (exact) mass is 498 g/mol. The van der Waals surface area contributed by atoms with Crippen molar-refractivity contribution in [3.63, 3.8) is 0 Å². The summed E-state index contributed by atoms with van der Waals surface area (Å²) in [6.45, 7) is 8.20. The molecule has 5 aromatic rings. The number of nitrogens with zero attached hydrogens (tertiary/aromatic N) is 5. The molecule has 36 heavy (non-hydrogen) atoms. The van der Waals surface area contributed by atoms with E-state index >= 15 is 0 Å². The van der Waals surface area contributed by atoms with E-state index in [0.29, 0.717) is 19.6 Å². The molecular weight excluding hydrogens is 468 g/mol. The molecule has 2 aromatic carbocycles. The maximum atomic E-state index is 13.1. The molecular formula is C28H30N6OS. The number of H-pyrrole nitrogens is 1. The summed E-state index contributed by atoms with van der Waals surface area (Å²) in [7, 11) is 0. The Morgan fingerprint density at radius 3 is 2.61 bits per heavy atom. The lowest BCUT2D eigenvalue weighted by Crippen LogP contribution is -2.35. The predicted octanol–water partition coefficient (Wildman–Crippen LogP) is 5.33. The minimum Gasteiger partial charge on any atom is -0.322 e. The summed E-state index contributed by atoms with van der Waals surface area (Å²) in [4.78, 5) is 19.8. The van der Waals surface area contributed by atoms with Crippen LogP contribution in [0.1, 0.15) is 47.3 Å². The standard InChI is InChI=1S/C28H30N6OS/c1-19(2)26(27-30-31-32-34(27)16-21-8-5-4-6-9-21)33(18-24-10-7-13-36-24)17-23-15-22-14-20(3)11-12-25(22)29-28(23)35/h4-15,19,26H,16-18H2,1-3H3,(H,29,35). The second-order valence-corrected chi connectivity index (χ2v) is 10.6.